The largest absolute Gasteiger partial charge is 0.493 e. The maximum absolute atomic E-state index is 12.1. The van der Waals surface area contributed by atoms with Crippen molar-refractivity contribution in [2.45, 2.75) is 13.3 Å². The number of carbonyl (C=O) groups excluding carboxylic acids is 1. The summed E-state index contributed by atoms with van der Waals surface area (Å²) in [4.78, 5) is 16.4. The van der Waals surface area contributed by atoms with Gasteiger partial charge in [-0.15, -0.1) is 0 Å². The van der Waals surface area contributed by atoms with Crippen molar-refractivity contribution in [2.75, 3.05) is 6.61 Å². The van der Waals surface area contributed by atoms with Gasteiger partial charge in [-0.3, -0.25) is 0 Å². The number of nitrogens with zero attached hydrogens (tertiary/aromatic N) is 1. The number of para-hydroxylation sites is 1. The molecule has 0 saturated carbocycles. The van der Waals surface area contributed by atoms with Gasteiger partial charge in [-0.2, -0.15) is 0 Å². The van der Waals surface area contributed by atoms with Crippen LogP contribution >= 0.6 is 11.6 Å². The number of carbonyl (C=O) groups is 1. The third kappa shape index (κ3) is 3.66. The van der Waals surface area contributed by atoms with Crippen molar-refractivity contribution in [3.8, 4) is 5.75 Å². The Hall–Kier alpha value is -2.59. The lowest BCUT2D eigenvalue weighted by atomic mass is 10.1. The number of hydrogen-bond acceptors (Lipinski definition) is 4. The maximum Gasteiger partial charge on any atom is 0.363 e. The topological polar surface area (TPSA) is 47.9 Å². The minimum absolute atomic E-state index is 0.234. The van der Waals surface area contributed by atoms with E-state index in [1.165, 1.54) is 0 Å². The van der Waals surface area contributed by atoms with E-state index in [1.54, 1.807) is 30.3 Å². The zero-order chi connectivity index (χ0) is 16.9. The SMILES string of the molecule is CCCOc1ccccc1/C=C1\N=C(c2cccc(Cl)c2)OC1=O. The van der Waals surface area contributed by atoms with E-state index >= 15 is 0 Å². The second-order valence-electron chi connectivity index (χ2n) is 5.23. The van der Waals surface area contributed by atoms with Gasteiger partial charge in [0, 0.05) is 16.1 Å². The second kappa shape index (κ2) is 7.32. The van der Waals surface area contributed by atoms with E-state index in [9.17, 15) is 4.79 Å². The van der Waals surface area contributed by atoms with E-state index in [4.69, 9.17) is 21.1 Å². The average molecular weight is 342 g/mol. The Bertz CT molecular complexity index is 827. The second-order valence-corrected chi connectivity index (χ2v) is 5.67. The summed E-state index contributed by atoms with van der Waals surface area (Å²) in [6.45, 7) is 2.65. The molecule has 24 heavy (non-hydrogen) atoms. The van der Waals surface area contributed by atoms with Crippen LogP contribution in [0, 0.1) is 0 Å². The van der Waals surface area contributed by atoms with Gasteiger partial charge in [-0.25, -0.2) is 9.79 Å². The molecule has 0 saturated heterocycles. The van der Waals surface area contributed by atoms with Crippen molar-refractivity contribution in [1.29, 1.82) is 0 Å². The van der Waals surface area contributed by atoms with Crippen LogP contribution in [0.1, 0.15) is 24.5 Å². The Morgan fingerprint density at radius 2 is 2.04 bits per heavy atom. The zero-order valence-electron chi connectivity index (χ0n) is 13.2. The number of rotatable bonds is 5. The zero-order valence-corrected chi connectivity index (χ0v) is 13.9. The lowest BCUT2D eigenvalue weighted by Gasteiger charge is -2.07. The molecule has 1 heterocycles. The van der Waals surface area contributed by atoms with E-state index < -0.39 is 5.97 Å². The van der Waals surface area contributed by atoms with Crippen LogP contribution in [-0.2, 0) is 9.53 Å². The number of halogens is 1. The molecule has 0 radical (unpaired) electrons. The van der Waals surface area contributed by atoms with Crippen molar-refractivity contribution in [3.63, 3.8) is 0 Å². The maximum atomic E-state index is 12.1. The summed E-state index contributed by atoms with van der Waals surface area (Å²) >= 11 is 5.97. The molecule has 1 aliphatic rings. The lowest BCUT2D eigenvalue weighted by Crippen LogP contribution is -2.05. The first-order chi connectivity index (χ1) is 11.7. The summed E-state index contributed by atoms with van der Waals surface area (Å²) in [5.41, 5.74) is 1.68. The van der Waals surface area contributed by atoms with Gasteiger partial charge in [0.05, 0.1) is 6.61 Å². The summed E-state index contributed by atoms with van der Waals surface area (Å²) in [6, 6.07) is 14.5. The van der Waals surface area contributed by atoms with Gasteiger partial charge in [-0.05, 0) is 36.8 Å². The van der Waals surface area contributed by atoms with Crippen molar-refractivity contribution in [3.05, 3.63) is 70.4 Å². The van der Waals surface area contributed by atoms with Crippen molar-refractivity contribution < 1.29 is 14.3 Å². The first kappa shape index (κ1) is 16.3. The molecule has 0 atom stereocenters. The fraction of sp³-hybridized carbons (Fsp3) is 0.158. The van der Waals surface area contributed by atoms with Crippen LogP contribution in [0.2, 0.25) is 5.02 Å². The number of hydrogen-bond donors (Lipinski definition) is 0. The number of esters is 1. The third-order valence-electron chi connectivity index (χ3n) is 3.36. The highest BCUT2D eigenvalue weighted by Crippen LogP contribution is 2.25. The Morgan fingerprint density at radius 3 is 2.83 bits per heavy atom. The molecular weight excluding hydrogens is 326 g/mol. The molecule has 0 spiro atoms. The average Bonchev–Trinajstić information content (AvgIpc) is 2.95. The summed E-state index contributed by atoms with van der Waals surface area (Å²) in [7, 11) is 0. The highest BCUT2D eigenvalue weighted by atomic mass is 35.5. The van der Waals surface area contributed by atoms with Gasteiger partial charge >= 0.3 is 5.97 Å². The molecule has 1 aliphatic heterocycles. The van der Waals surface area contributed by atoms with Crippen molar-refractivity contribution >= 4 is 29.5 Å². The number of benzene rings is 2. The standard InChI is InChI=1S/C19H16ClNO3/c1-2-10-23-17-9-4-3-6-13(17)12-16-19(22)24-18(21-16)14-7-5-8-15(20)11-14/h3-9,11-12H,2,10H2,1H3/b16-12-. The predicted molar refractivity (Wildman–Crippen MR) is 94.3 cm³/mol. The van der Waals surface area contributed by atoms with Gasteiger partial charge in [0.15, 0.2) is 5.70 Å². The Labute approximate surface area is 145 Å². The van der Waals surface area contributed by atoms with Crippen LogP contribution < -0.4 is 4.74 Å². The summed E-state index contributed by atoms with van der Waals surface area (Å²) < 4.78 is 10.9. The van der Waals surface area contributed by atoms with Crippen LogP contribution in [0.3, 0.4) is 0 Å². The van der Waals surface area contributed by atoms with Crippen molar-refractivity contribution in [1.82, 2.24) is 0 Å². The molecule has 0 N–H and O–H groups in total. The molecule has 122 valence electrons. The smallest absolute Gasteiger partial charge is 0.363 e. The molecule has 0 aromatic heterocycles. The Kier molecular flexibility index (Phi) is 4.96. The normalized spacial score (nSPS) is 15.3. The first-order valence-electron chi connectivity index (χ1n) is 7.67. The molecule has 0 fully saturated rings. The van der Waals surface area contributed by atoms with E-state index in [0.717, 1.165) is 12.0 Å². The minimum atomic E-state index is -0.490. The molecule has 2 aromatic carbocycles. The molecule has 2 aromatic rings. The summed E-state index contributed by atoms with van der Waals surface area (Å²) in [6.07, 6.45) is 2.58. The first-order valence-corrected chi connectivity index (χ1v) is 8.05. The highest BCUT2D eigenvalue weighted by Gasteiger charge is 2.24. The van der Waals surface area contributed by atoms with Gasteiger partial charge in [0.2, 0.25) is 5.90 Å². The van der Waals surface area contributed by atoms with E-state index in [2.05, 4.69) is 4.99 Å². The minimum Gasteiger partial charge on any atom is -0.493 e. The number of ether oxygens (including phenoxy) is 2. The molecule has 3 rings (SSSR count). The van der Waals surface area contributed by atoms with Gasteiger partial charge < -0.3 is 9.47 Å². The summed E-state index contributed by atoms with van der Waals surface area (Å²) in [5.74, 6) is 0.474. The van der Waals surface area contributed by atoms with Gasteiger partial charge in [-0.1, -0.05) is 42.8 Å². The van der Waals surface area contributed by atoms with Crippen LogP contribution in [0.15, 0.2) is 59.2 Å². The molecule has 0 amide bonds. The van der Waals surface area contributed by atoms with E-state index in [1.807, 2.05) is 31.2 Å². The quantitative estimate of drug-likeness (QED) is 0.595. The Balaban J connectivity index is 1.92. The van der Waals surface area contributed by atoms with Crippen LogP contribution in [0.25, 0.3) is 6.08 Å². The Morgan fingerprint density at radius 1 is 1.21 bits per heavy atom. The molecule has 0 bridgehead atoms. The fourth-order valence-corrected chi connectivity index (χ4v) is 2.43. The highest BCUT2D eigenvalue weighted by molar-refractivity contribution is 6.31. The lowest BCUT2D eigenvalue weighted by molar-refractivity contribution is -0.129. The number of aliphatic imine (C=N–C) groups is 1. The fourth-order valence-electron chi connectivity index (χ4n) is 2.24. The van der Waals surface area contributed by atoms with E-state index in [-0.39, 0.29) is 11.6 Å². The molecular formula is C19H16ClNO3. The molecule has 5 heteroatoms. The van der Waals surface area contributed by atoms with Crippen LogP contribution in [0.5, 0.6) is 5.75 Å². The molecule has 0 unspecified atom stereocenters. The van der Waals surface area contributed by atoms with Crippen molar-refractivity contribution in [2.24, 2.45) is 4.99 Å². The van der Waals surface area contributed by atoms with Crippen LogP contribution in [-0.4, -0.2) is 18.5 Å². The molecule has 0 aliphatic carbocycles. The van der Waals surface area contributed by atoms with Gasteiger partial charge in [0.25, 0.3) is 0 Å². The monoisotopic (exact) mass is 341 g/mol. The molecule has 4 nitrogen and oxygen atoms in total. The third-order valence-corrected chi connectivity index (χ3v) is 3.60. The van der Waals surface area contributed by atoms with E-state index in [0.29, 0.717) is 22.9 Å². The van der Waals surface area contributed by atoms with Gasteiger partial charge in [0.1, 0.15) is 5.75 Å². The number of cyclic esters (lactones) is 1. The van der Waals surface area contributed by atoms with Crippen LogP contribution in [0.4, 0.5) is 0 Å². The predicted octanol–water partition coefficient (Wildman–Crippen LogP) is 4.47. The summed E-state index contributed by atoms with van der Waals surface area (Å²) in [5, 5.41) is 0.557.